The van der Waals surface area contributed by atoms with Crippen molar-refractivity contribution in [1.82, 2.24) is 0 Å². The molecule has 0 aromatic heterocycles. The third-order valence-corrected chi connectivity index (χ3v) is 5.43. The summed E-state index contributed by atoms with van der Waals surface area (Å²) in [6.45, 7) is 16.6. The Balaban J connectivity index is 1.79. The van der Waals surface area contributed by atoms with Crippen molar-refractivity contribution in [3.63, 3.8) is 0 Å². The Morgan fingerprint density at radius 1 is 0.545 bits per heavy atom. The second kappa shape index (κ2) is 5.66. The van der Waals surface area contributed by atoms with Gasteiger partial charge < -0.3 is 18.6 Å². The second-order valence-electron chi connectivity index (χ2n) is 8.31. The summed E-state index contributed by atoms with van der Waals surface area (Å²) >= 11 is 0. The summed E-state index contributed by atoms with van der Waals surface area (Å²) in [5.74, 6) is 0. The highest BCUT2D eigenvalue weighted by Gasteiger charge is 2.51. The molecule has 0 radical (unpaired) electrons. The van der Waals surface area contributed by atoms with E-state index in [1.54, 1.807) is 0 Å². The number of allylic oxidation sites excluding steroid dienone is 2. The van der Waals surface area contributed by atoms with Crippen LogP contribution in [-0.4, -0.2) is 36.6 Å². The van der Waals surface area contributed by atoms with Crippen LogP contribution in [0.3, 0.4) is 0 Å². The van der Waals surface area contributed by atoms with Gasteiger partial charge in [0.1, 0.15) is 0 Å². The van der Waals surface area contributed by atoms with Crippen LogP contribution < -0.4 is 0 Å². The van der Waals surface area contributed by atoms with Crippen molar-refractivity contribution in [3.05, 3.63) is 12.2 Å². The molecule has 0 aromatic carbocycles. The fraction of sp³-hybridized carbons (Fsp3) is 0.875. The van der Waals surface area contributed by atoms with E-state index in [9.17, 15) is 0 Å². The van der Waals surface area contributed by atoms with Crippen LogP contribution in [0.2, 0.25) is 12.6 Å². The maximum atomic E-state index is 5.97. The first-order valence-electron chi connectivity index (χ1n) is 8.23. The van der Waals surface area contributed by atoms with Crippen molar-refractivity contribution >= 4 is 14.2 Å². The standard InChI is InChI=1S/C16H30B2O4/c1-13(2)14(3,4)20-17(19-13)11-9-10-12-18-21-15(5,6)16(7,8)22-18/h9-10H,11-12H2,1-8H3/b10-9+. The summed E-state index contributed by atoms with van der Waals surface area (Å²) in [5, 5.41) is 0. The lowest BCUT2D eigenvalue weighted by atomic mass is 9.81. The Kier molecular flexibility index (Phi) is 4.64. The summed E-state index contributed by atoms with van der Waals surface area (Å²) < 4.78 is 23.9. The van der Waals surface area contributed by atoms with Crippen LogP contribution >= 0.6 is 0 Å². The first-order chi connectivity index (χ1) is 9.86. The lowest BCUT2D eigenvalue weighted by Crippen LogP contribution is -2.41. The van der Waals surface area contributed by atoms with Crippen LogP contribution in [-0.2, 0) is 18.6 Å². The van der Waals surface area contributed by atoms with Crippen LogP contribution in [0.4, 0.5) is 0 Å². The largest absolute Gasteiger partial charge is 0.461 e. The molecule has 2 saturated heterocycles. The molecule has 0 aromatic rings. The zero-order chi connectivity index (χ0) is 16.8. The van der Waals surface area contributed by atoms with E-state index in [-0.39, 0.29) is 36.6 Å². The van der Waals surface area contributed by atoms with Gasteiger partial charge in [-0.05, 0) is 55.4 Å². The van der Waals surface area contributed by atoms with E-state index in [1.165, 1.54) is 0 Å². The van der Waals surface area contributed by atoms with Crippen molar-refractivity contribution in [2.24, 2.45) is 0 Å². The minimum Gasteiger partial charge on any atom is -0.403 e. The van der Waals surface area contributed by atoms with Crippen LogP contribution in [0.5, 0.6) is 0 Å². The molecule has 2 rings (SSSR count). The number of rotatable bonds is 4. The van der Waals surface area contributed by atoms with Gasteiger partial charge in [-0.25, -0.2) is 0 Å². The minimum absolute atomic E-state index is 0.181. The second-order valence-corrected chi connectivity index (χ2v) is 8.31. The normalized spacial score (nSPS) is 28.7. The maximum absolute atomic E-state index is 5.97. The molecule has 4 nitrogen and oxygen atoms in total. The molecule has 0 saturated carbocycles. The van der Waals surface area contributed by atoms with E-state index in [1.807, 2.05) is 0 Å². The van der Waals surface area contributed by atoms with Crippen LogP contribution in [0.15, 0.2) is 12.2 Å². The van der Waals surface area contributed by atoms with Crippen LogP contribution in [0.1, 0.15) is 55.4 Å². The van der Waals surface area contributed by atoms with Gasteiger partial charge in [-0.3, -0.25) is 0 Å². The van der Waals surface area contributed by atoms with Crippen molar-refractivity contribution < 1.29 is 18.6 Å². The number of hydrogen-bond acceptors (Lipinski definition) is 4. The molecule has 2 heterocycles. The lowest BCUT2D eigenvalue weighted by molar-refractivity contribution is 0.00578. The first-order valence-corrected chi connectivity index (χ1v) is 8.23. The minimum atomic E-state index is -0.267. The summed E-state index contributed by atoms with van der Waals surface area (Å²) in [5.41, 5.74) is -1.07. The van der Waals surface area contributed by atoms with E-state index in [4.69, 9.17) is 18.6 Å². The molecule has 2 fully saturated rings. The highest BCUT2D eigenvalue weighted by Crippen LogP contribution is 2.39. The number of hydrogen-bond donors (Lipinski definition) is 0. The smallest absolute Gasteiger partial charge is 0.403 e. The summed E-state index contributed by atoms with van der Waals surface area (Å²) in [6.07, 6.45) is 5.67. The molecule has 22 heavy (non-hydrogen) atoms. The molecular formula is C16H30B2O4. The van der Waals surface area contributed by atoms with E-state index in [0.29, 0.717) is 0 Å². The first kappa shape index (κ1) is 18.1. The SMILES string of the molecule is CC1(C)OB(C/C=C/CB2OC(C)(C)C(C)(C)O2)OC1(C)C. The van der Waals surface area contributed by atoms with Gasteiger partial charge in [0.25, 0.3) is 0 Å². The molecule has 2 aliphatic heterocycles. The average Bonchev–Trinajstić information content (AvgIpc) is 2.64. The van der Waals surface area contributed by atoms with Gasteiger partial charge in [0.15, 0.2) is 0 Å². The van der Waals surface area contributed by atoms with Crippen LogP contribution in [0.25, 0.3) is 0 Å². The van der Waals surface area contributed by atoms with Crippen molar-refractivity contribution in [3.8, 4) is 0 Å². The Hall–Kier alpha value is -0.290. The molecule has 0 N–H and O–H groups in total. The topological polar surface area (TPSA) is 36.9 Å². The monoisotopic (exact) mass is 308 g/mol. The van der Waals surface area contributed by atoms with Gasteiger partial charge in [0.2, 0.25) is 0 Å². The zero-order valence-corrected chi connectivity index (χ0v) is 15.4. The van der Waals surface area contributed by atoms with Gasteiger partial charge in [-0.1, -0.05) is 12.2 Å². The van der Waals surface area contributed by atoms with Gasteiger partial charge in [-0.15, -0.1) is 0 Å². The van der Waals surface area contributed by atoms with Gasteiger partial charge in [0, 0.05) is 12.6 Å². The average molecular weight is 308 g/mol. The third-order valence-electron chi connectivity index (χ3n) is 5.43. The van der Waals surface area contributed by atoms with Gasteiger partial charge in [0.05, 0.1) is 22.4 Å². The third kappa shape index (κ3) is 3.45. The van der Waals surface area contributed by atoms with Gasteiger partial charge >= 0.3 is 14.2 Å². The van der Waals surface area contributed by atoms with Crippen LogP contribution in [0, 0.1) is 0 Å². The van der Waals surface area contributed by atoms with Crippen molar-refractivity contribution in [1.29, 1.82) is 0 Å². The van der Waals surface area contributed by atoms with E-state index >= 15 is 0 Å². The molecule has 0 aliphatic carbocycles. The van der Waals surface area contributed by atoms with E-state index < -0.39 is 0 Å². The summed E-state index contributed by atoms with van der Waals surface area (Å²) in [7, 11) is -0.362. The van der Waals surface area contributed by atoms with Crippen molar-refractivity contribution in [2.75, 3.05) is 0 Å². The Morgan fingerprint density at radius 2 is 0.773 bits per heavy atom. The zero-order valence-electron chi connectivity index (χ0n) is 15.4. The molecule has 0 amide bonds. The Labute approximate surface area is 136 Å². The van der Waals surface area contributed by atoms with Gasteiger partial charge in [-0.2, -0.15) is 0 Å². The molecule has 124 valence electrons. The summed E-state index contributed by atoms with van der Waals surface area (Å²) in [4.78, 5) is 0. The highest BCUT2D eigenvalue weighted by atomic mass is 16.7. The van der Waals surface area contributed by atoms with Crippen molar-refractivity contribution in [2.45, 2.75) is 90.4 Å². The fourth-order valence-electron chi connectivity index (χ4n) is 2.54. The molecule has 2 aliphatic rings. The quantitative estimate of drug-likeness (QED) is 0.586. The molecule has 0 spiro atoms. The van der Waals surface area contributed by atoms with E-state index in [0.717, 1.165) is 12.6 Å². The maximum Gasteiger partial charge on any atom is 0.461 e. The fourth-order valence-corrected chi connectivity index (χ4v) is 2.54. The highest BCUT2D eigenvalue weighted by molar-refractivity contribution is 6.47. The Morgan fingerprint density at radius 3 is 1.00 bits per heavy atom. The summed E-state index contributed by atoms with van der Waals surface area (Å²) in [6, 6.07) is 0. The lowest BCUT2D eigenvalue weighted by Gasteiger charge is -2.32. The molecule has 6 heteroatoms. The molecule has 0 unspecified atom stereocenters. The predicted molar refractivity (Wildman–Crippen MR) is 90.9 cm³/mol. The predicted octanol–water partition coefficient (Wildman–Crippen LogP) is 3.73. The molecule has 0 atom stereocenters. The molecule has 0 bridgehead atoms. The Bertz CT molecular complexity index is 371. The van der Waals surface area contributed by atoms with E-state index in [2.05, 4.69) is 67.5 Å². The molecular weight excluding hydrogens is 278 g/mol.